The predicted octanol–water partition coefficient (Wildman–Crippen LogP) is 2.75. The van der Waals surface area contributed by atoms with Gasteiger partial charge in [0.05, 0.1) is 0 Å². The van der Waals surface area contributed by atoms with Gasteiger partial charge in [-0.3, -0.25) is 4.79 Å². The molecule has 0 unspecified atom stereocenters. The van der Waals surface area contributed by atoms with E-state index in [9.17, 15) is 4.79 Å². The molecule has 1 saturated carbocycles. The third-order valence-electron chi connectivity index (χ3n) is 2.17. The van der Waals surface area contributed by atoms with E-state index in [2.05, 4.69) is 4.74 Å². The minimum absolute atomic E-state index is 0.405. The fraction of sp³-hybridized carbons (Fsp3) is 0.300. The van der Waals surface area contributed by atoms with Gasteiger partial charge in [0, 0.05) is 5.02 Å². The van der Waals surface area contributed by atoms with E-state index in [0.29, 0.717) is 23.2 Å². The van der Waals surface area contributed by atoms with Crippen LogP contribution in [0.25, 0.3) is 0 Å². The maximum Gasteiger partial charge on any atom is 0.298 e. The monoisotopic (exact) mass is 196 g/mol. The Kier molecular flexibility index (Phi) is 2.23. The molecule has 0 atom stereocenters. The van der Waals surface area contributed by atoms with E-state index in [0.717, 1.165) is 0 Å². The van der Waals surface area contributed by atoms with Gasteiger partial charge in [-0.05, 0) is 36.5 Å². The molecular formula is C10H9ClO2. The lowest BCUT2D eigenvalue weighted by atomic mass is 10.1. The van der Waals surface area contributed by atoms with Crippen LogP contribution >= 0.6 is 11.6 Å². The van der Waals surface area contributed by atoms with E-state index in [1.807, 2.05) is 6.07 Å². The molecule has 1 fully saturated rings. The van der Waals surface area contributed by atoms with Crippen molar-refractivity contribution in [2.24, 2.45) is 0 Å². The van der Waals surface area contributed by atoms with Crippen LogP contribution in [0.1, 0.15) is 24.3 Å². The van der Waals surface area contributed by atoms with E-state index in [1.54, 1.807) is 12.1 Å². The minimum atomic E-state index is 0.405. The van der Waals surface area contributed by atoms with Crippen molar-refractivity contribution < 1.29 is 9.53 Å². The molecular weight excluding hydrogens is 188 g/mol. The molecule has 13 heavy (non-hydrogen) atoms. The number of hydrogen-bond acceptors (Lipinski definition) is 2. The maximum atomic E-state index is 10.1. The molecule has 0 heterocycles. The summed E-state index contributed by atoms with van der Waals surface area (Å²) < 4.78 is 4.68. The predicted molar refractivity (Wildman–Crippen MR) is 50.1 cm³/mol. The lowest BCUT2D eigenvalue weighted by molar-refractivity contribution is -0.120. The van der Waals surface area contributed by atoms with Crippen molar-refractivity contribution in [1.82, 2.24) is 0 Å². The van der Waals surface area contributed by atoms with E-state index in [4.69, 9.17) is 11.6 Å². The molecule has 3 heteroatoms. The molecule has 2 rings (SSSR count). The van der Waals surface area contributed by atoms with Crippen LogP contribution in [0.5, 0.6) is 5.75 Å². The average molecular weight is 197 g/mol. The van der Waals surface area contributed by atoms with Crippen LogP contribution in [0.15, 0.2) is 18.2 Å². The average Bonchev–Trinajstić information content (AvgIpc) is 2.88. The van der Waals surface area contributed by atoms with Gasteiger partial charge in [-0.1, -0.05) is 17.7 Å². The van der Waals surface area contributed by atoms with Crippen LogP contribution in [0.4, 0.5) is 0 Å². The lowest BCUT2D eigenvalue weighted by Crippen LogP contribution is -1.89. The summed E-state index contributed by atoms with van der Waals surface area (Å²) in [5.41, 5.74) is 1.17. The van der Waals surface area contributed by atoms with Gasteiger partial charge < -0.3 is 4.74 Å². The minimum Gasteiger partial charge on any atom is -0.429 e. The SMILES string of the molecule is O=COc1ccc(C2CC2)c(Cl)c1. The summed E-state index contributed by atoms with van der Waals surface area (Å²) in [6, 6.07) is 5.39. The normalized spacial score (nSPS) is 15.5. The summed E-state index contributed by atoms with van der Waals surface area (Å²) in [6.45, 7) is 0.405. The Morgan fingerprint density at radius 3 is 2.77 bits per heavy atom. The number of carbonyl (C=O) groups is 1. The van der Waals surface area contributed by atoms with Crippen LogP contribution in [-0.2, 0) is 4.79 Å². The number of rotatable bonds is 3. The zero-order valence-electron chi connectivity index (χ0n) is 7.00. The Balaban J connectivity index is 2.25. The highest BCUT2D eigenvalue weighted by molar-refractivity contribution is 6.31. The van der Waals surface area contributed by atoms with E-state index in [-0.39, 0.29) is 0 Å². The Bertz CT molecular complexity index is 332. The van der Waals surface area contributed by atoms with E-state index < -0.39 is 0 Å². The van der Waals surface area contributed by atoms with Crippen molar-refractivity contribution in [3.63, 3.8) is 0 Å². The number of ether oxygens (including phenoxy) is 1. The van der Waals surface area contributed by atoms with Crippen molar-refractivity contribution in [3.8, 4) is 5.75 Å². The second-order valence-electron chi connectivity index (χ2n) is 3.17. The smallest absolute Gasteiger partial charge is 0.298 e. The Morgan fingerprint density at radius 2 is 2.23 bits per heavy atom. The standard InChI is InChI=1S/C10H9ClO2/c11-10-5-8(13-6-12)3-4-9(10)7-1-2-7/h3-7H,1-2H2. The van der Waals surface area contributed by atoms with Gasteiger partial charge in [0.2, 0.25) is 0 Å². The number of carbonyl (C=O) groups excluding carboxylic acids is 1. The molecule has 0 radical (unpaired) electrons. The molecule has 0 aromatic heterocycles. The zero-order chi connectivity index (χ0) is 9.26. The van der Waals surface area contributed by atoms with Gasteiger partial charge in [0.15, 0.2) is 0 Å². The Morgan fingerprint density at radius 1 is 1.46 bits per heavy atom. The fourth-order valence-corrected chi connectivity index (χ4v) is 1.69. The van der Waals surface area contributed by atoms with Gasteiger partial charge in [0.1, 0.15) is 5.75 Å². The Labute approximate surface area is 81.5 Å². The highest BCUT2D eigenvalue weighted by Crippen LogP contribution is 2.43. The third kappa shape index (κ3) is 1.83. The van der Waals surface area contributed by atoms with Crippen LogP contribution < -0.4 is 4.74 Å². The first-order chi connectivity index (χ1) is 6.31. The van der Waals surface area contributed by atoms with Gasteiger partial charge in [-0.2, -0.15) is 0 Å². The first-order valence-corrected chi connectivity index (χ1v) is 4.59. The molecule has 1 aromatic carbocycles. The van der Waals surface area contributed by atoms with Crippen LogP contribution in [-0.4, -0.2) is 6.47 Å². The molecule has 68 valence electrons. The molecule has 0 saturated heterocycles. The first kappa shape index (κ1) is 8.57. The summed E-state index contributed by atoms with van der Waals surface area (Å²) in [7, 11) is 0. The summed E-state index contributed by atoms with van der Waals surface area (Å²) in [4.78, 5) is 10.1. The van der Waals surface area contributed by atoms with Crippen molar-refractivity contribution in [2.45, 2.75) is 18.8 Å². The largest absolute Gasteiger partial charge is 0.429 e. The van der Waals surface area contributed by atoms with Gasteiger partial charge in [-0.25, -0.2) is 0 Å². The molecule has 0 amide bonds. The number of halogens is 1. The van der Waals surface area contributed by atoms with Crippen molar-refractivity contribution >= 4 is 18.1 Å². The van der Waals surface area contributed by atoms with Crippen molar-refractivity contribution in [1.29, 1.82) is 0 Å². The number of hydrogen-bond donors (Lipinski definition) is 0. The quantitative estimate of drug-likeness (QED) is 0.695. The summed E-state index contributed by atoms with van der Waals surface area (Å²) in [6.07, 6.45) is 2.43. The van der Waals surface area contributed by atoms with Gasteiger partial charge in [-0.15, -0.1) is 0 Å². The van der Waals surface area contributed by atoms with Gasteiger partial charge >= 0.3 is 0 Å². The molecule has 0 aliphatic heterocycles. The summed E-state index contributed by atoms with van der Waals surface area (Å²) >= 11 is 6.00. The molecule has 1 aliphatic carbocycles. The molecule has 1 aromatic rings. The molecule has 1 aliphatic rings. The molecule has 0 spiro atoms. The highest BCUT2D eigenvalue weighted by atomic mass is 35.5. The third-order valence-corrected chi connectivity index (χ3v) is 2.50. The fourth-order valence-electron chi connectivity index (χ4n) is 1.36. The van der Waals surface area contributed by atoms with Crippen LogP contribution in [0.3, 0.4) is 0 Å². The topological polar surface area (TPSA) is 26.3 Å². The van der Waals surface area contributed by atoms with E-state index in [1.165, 1.54) is 18.4 Å². The van der Waals surface area contributed by atoms with Gasteiger partial charge in [0.25, 0.3) is 6.47 Å². The molecule has 2 nitrogen and oxygen atoms in total. The van der Waals surface area contributed by atoms with Crippen LogP contribution in [0, 0.1) is 0 Å². The second-order valence-corrected chi connectivity index (χ2v) is 3.58. The molecule has 0 N–H and O–H groups in total. The van der Waals surface area contributed by atoms with Crippen molar-refractivity contribution in [2.75, 3.05) is 0 Å². The van der Waals surface area contributed by atoms with E-state index >= 15 is 0 Å². The summed E-state index contributed by atoms with van der Waals surface area (Å²) in [5, 5.41) is 0.696. The second kappa shape index (κ2) is 3.38. The zero-order valence-corrected chi connectivity index (χ0v) is 7.75. The first-order valence-electron chi connectivity index (χ1n) is 4.21. The maximum absolute atomic E-state index is 10.1. The van der Waals surface area contributed by atoms with Crippen LogP contribution in [0.2, 0.25) is 5.02 Å². The Hall–Kier alpha value is -1.02. The molecule has 0 bridgehead atoms. The van der Waals surface area contributed by atoms with Crippen molar-refractivity contribution in [3.05, 3.63) is 28.8 Å². The summed E-state index contributed by atoms with van der Waals surface area (Å²) in [5.74, 6) is 1.13. The highest BCUT2D eigenvalue weighted by Gasteiger charge is 2.25. The number of benzene rings is 1. The lowest BCUT2D eigenvalue weighted by Gasteiger charge is -2.03.